The fourth-order valence-electron chi connectivity index (χ4n) is 3.45. The highest BCUT2D eigenvalue weighted by molar-refractivity contribution is 5.74. The quantitative estimate of drug-likeness (QED) is 0.813. The molecule has 0 aromatic carbocycles. The smallest absolute Gasteiger partial charge is 0.317 e. The van der Waals surface area contributed by atoms with Crippen molar-refractivity contribution >= 4 is 6.03 Å². The Balaban J connectivity index is 1.66. The van der Waals surface area contributed by atoms with Gasteiger partial charge >= 0.3 is 6.03 Å². The summed E-state index contributed by atoms with van der Waals surface area (Å²) < 4.78 is 0. The van der Waals surface area contributed by atoms with Crippen LogP contribution in [0.25, 0.3) is 0 Å². The second-order valence-corrected chi connectivity index (χ2v) is 6.76. The highest BCUT2D eigenvalue weighted by Crippen LogP contribution is 2.26. The zero-order chi connectivity index (χ0) is 15.2. The summed E-state index contributed by atoms with van der Waals surface area (Å²) in [4.78, 5) is 16.4. The van der Waals surface area contributed by atoms with Gasteiger partial charge in [-0.25, -0.2) is 4.79 Å². The van der Waals surface area contributed by atoms with Gasteiger partial charge in [0.15, 0.2) is 0 Å². The number of carbonyl (C=O) groups is 1. The molecule has 1 unspecified atom stereocenters. The molecule has 0 radical (unpaired) electrons. The van der Waals surface area contributed by atoms with Crippen LogP contribution in [-0.2, 0) is 0 Å². The van der Waals surface area contributed by atoms with Crippen molar-refractivity contribution in [3.63, 3.8) is 0 Å². The number of nitrogens with one attached hydrogen (secondary N) is 1. The molecule has 0 aromatic rings. The second-order valence-electron chi connectivity index (χ2n) is 6.76. The number of hydrogen-bond donors (Lipinski definition) is 2. The molecule has 2 rings (SSSR count). The summed E-state index contributed by atoms with van der Waals surface area (Å²) >= 11 is 0. The fourth-order valence-corrected chi connectivity index (χ4v) is 3.45. The highest BCUT2D eigenvalue weighted by atomic mass is 16.3. The molecule has 1 atom stereocenters. The van der Waals surface area contributed by atoms with Crippen LogP contribution in [0.1, 0.15) is 51.9 Å². The van der Waals surface area contributed by atoms with E-state index in [9.17, 15) is 9.90 Å². The van der Waals surface area contributed by atoms with Crippen LogP contribution in [0.5, 0.6) is 0 Å². The third-order valence-electron chi connectivity index (χ3n) is 4.93. The Hall–Kier alpha value is -0.810. The maximum absolute atomic E-state index is 12.1. The average molecular weight is 297 g/mol. The predicted molar refractivity (Wildman–Crippen MR) is 84.3 cm³/mol. The summed E-state index contributed by atoms with van der Waals surface area (Å²) in [6.07, 6.45) is 7.89. The van der Waals surface area contributed by atoms with Crippen LogP contribution in [0.4, 0.5) is 4.79 Å². The van der Waals surface area contributed by atoms with Gasteiger partial charge in [0.1, 0.15) is 0 Å². The molecule has 1 aliphatic carbocycles. The Labute approximate surface area is 128 Å². The zero-order valence-corrected chi connectivity index (χ0v) is 13.6. The first-order valence-electron chi connectivity index (χ1n) is 8.50. The van der Waals surface area contributed by atoms with Crippen LogP contribution in [0.3, 0.4) is 0 Å². The van der Waals surface area contributed by atoms with E-state index in [1.807, 2.05) is 0 Å². The van der Waals surface area contributed by atoms with Crippen LogP contribution < -0.4 is 5.32 Å². The van der Waals surface area contributed by atoms with Crippen LogP contribution in [0.15, 0.2) is 0 Å². The van der Waals surface area contributed by atoms with Crippen LogP contribution in [0, 0.1) is 0 Å². The summed E-state index contributed by atoms with van der Waals surface area (Å²) in [6.45, 7) is 4.59. The second kappa shape index (κ2) is 7.99. The Morgan fingerprint density at radius 3 is 2.48 bits per heavy atom. The molecule has 2 amide bonds. The molecule has 122 valence electrons. The Morgan fingerprint density at radius 1 is 1.29 bits per heavy atom. The molecule has 2 fully saturated rings. The van der Waals surface area contributed by atoms with Crippen molar-refractivity contribution in [2.75, 3.05) is 26.7 Å². The number of piperidine rings is 1. The largest absolute Gasteiger partial charge is 0.393 e. The van der Waals surface area contributed by atoms with Gasteiger partial charge in [-0.3, -0.25) is 0 Å². The van der Waals surface area contributed by atoms with E-state index in [0.29, 0.717) is 19.0 Å². The van der Waals surface area contributed by atoms with Crippen LogP contribution in [0.2, 0.25) is 0 Å². The molecular weight excluding hydrogens is 266 g/mol. The highest BCUT2D eigenvalue weighted by Gasteiger charge is 2.27. The minimum absolute atomic E-state index is 0.00466. The molecule has 1 saturated carbocycles. The van der Waals surface area contributed by atoms with Crippen molar-refractivity contribution in [1.29, 1.82) is 0 Å². The van der Waals surface area contributed by atoms with E-state index in [1.54, 1.807) is 18.9 Å². The van der Waals surface area contributed by atoms with E-state index in [0.717, 1.165) is 32.0 Å². The van der Waals surface area contributed by atoms with Crippen molar-refractivity contribution < 1.29 is 9.90 Å². The van der Waals surface area contributed by atoms with Gasteiger partial charge in [-0.05, 0) is 39.0 Å². The zero-order valence-electron chi connectivity index (χ0n) is 13.6. The summed E-state index contributed by atoms with van der Waals surface area (Å²) in [5, 5.41) is 12.4. The molecule has 1 heterocycles. The lowest BCUT2D eigenvalue weighted by Gasteiger charge is -2.36. The average Bonchev–Trinajstić information content (AvgIpc) is 2.99. The van der Waals surface area contributed by atoms with Crippen molar-refractivity contribution in [3.05, 3.63) is 0 Å². The van der Waals surface area contributed by atoms with Gasteiger partial charge in [0, 0.05) is 38.8 Å². The van der Waals surface area contributed by atoms with Gasteiger partial charge in [0.05, 0.1) is 6.10 Å². The van der Waals surface area contributed by atoms with Gasteiger partial charge in [-0.15, -0.1) is 0 Å². The summed E-state index contributed by atoms with van der Waals surface area (Å²) in [5.74, 6) is 0. The number of aliphatic hydroxyl groups excluding tert-OH is 1. The number of urea groups is 1. The van der Waals surface area contributed by atoms with E-state index >= 15 is 0 Å². The normalized spacial score (nSPS) is 23.2. The topological polar surface area (TPSA) is 55.8 Å². The molecule has 0 spiro atoms. The third-order valence-corrected chi connectivity index (χ3v) is 4.93. The Morgan fingerprint density at radius 2 is 1.90 bits per heavy atom. The van der Waals surface area contributed by atoms with Gasteiger partial charge < -0.3 is 20.2 Å². The van der Waals surface area contributed by atoms with E-state index in [4.69, 9.17) is 0 Å². The first-order valence-corrected chi connectivity index (χ1v) is 8.50. The van der Waals surface area contributed by atoms with Crippen molar-refractivity contribution in [1.82, 2.24) is 15.1 Å². The van der Waals surface area contributed by atoms with Gasteiger partial charge in [-0.1, -0.05) is 12.8 Å². The molecule has 5 nitrogen and oxygen atoms in total. The summed E-state index contributed by atoms with van der Waals surface area (Å²) in [5.41, 5.74) is 0. The first-order chi connectivity index (χ1) is 10.1. The van der Waals surface area contributed by atoms with Gasteiger partial charge in [0.25, 0.3) is 0 Å². The number of carbonyl (C=O) groups excluding carboxylic acids is 1. The van der Waals surface area contributed by atoms with Crippen molar-refractivity contribution in [3.8, 4) is 0 Å². The van der Waals surface area contributed by atoms with E-state index in [-0.39, 0.29) is 12.1 Å². The van der Waals surface area contributed by atoms with Crippen molar-refractivity contribution in [2.24, 2.45) is 0 Å². The van der Waals surface area contributed by atoms with Crippen LogP contribution in [-0.4, -0.2) is 65.8 Å². The maximum atomic E-state index is 12.1. The number of hydrogen-bond acceptors (Lipinski definition) is 3. The standard InChI is InChI=1S/C16H31N3O2/c1-13(20)7-10-18(2)16(21)17-14-8-11-19(12-9-14)15-5-3-4-6-15/h13-15,20H,3-12H2,1-2H3,(H,17,21). The molecule has 0 bridgehead atoms. The molecule has 1 aliphatic heterocycles. The number of aliphatic hydroxyl groups is 1. The minimum Gasteiger partial charge on any atom is -0.393 e. The van der Waals surface area contributed by atoms with E-state index in [1.165, 1.54) is 25.7 Å². The number of rotatable bonds is 5. The van der Waals surface area contributed by atoms with E-state index in [2.05, 4.69) is 10.2 Å². The number of nitrogens with zero attached hydrogens (tertiary/aromatic N) is 2. The first kappa shape index (κ1) is 16.6. The molecule has 5 heteroatoms. The molecule has 2 N–H and O–H groups in total. The molecule has 21 heavy (non-hydrogen) atoms. The summed E-state index contributed by atoms with van der Waals surface area (Å²) in [7, 11) is 1.80. The lowest BCUT2D eigenvalue weighted by atomic mass is 10.0. The predicted octanol–water partition coefficient (Wildman–Crippen LogP) is 1.81. The van der Waals surface area contributed by atoms with Crippen LogP contribution >= 0.6 is 0 Å². The summed E-state index contributed by atoms with van der Waals surface area (Å²) in [6, 6.07) is 1.11. The molecular formula is C16H31N3O2. The maximum Gasteiger partial charge on any atom is 0.317 e. The molecule has 2 aliphatic rings. The molecule has 1 saturated heterocycles. The Kier molecular flexibility index (Phi) is 6.30. The molecule has 0 aromatic heterocycles. The third kappa shape index (κ3) is 5.15. The van der Waals surface area contributed by atoms with E-state index < -0.39 is 0 Å². The Bertz CT molecular complexity index is 321. The minimum atomic E-state index is -0.352. The number of amides is 2. The fraction of sp³-hybridized carbons (Fsp3) is 0.938. The number of likely N-dealkylation sites (tertiary alicyclic amines) is 1. The van der Waals surface area contributed by atoms with Gasteiger partial charge in [-0.2, -0.15) is 0 Å². The lowest BCUT2D eigenvalue weighted by molar-refractivity contribution is 0.138. The van der Waals surface area contributed by atoms with Gasteiger partial charge in [0.2, 0.25) is 0 Å². The monoisotopic (exact) mass is 297 g/mol. The lowest BCUT2D eigenvalue weighted by Crippen LogP contribution is -2.50. The SMILES string of the molecule is CC(O)CCN(C)C(=O)NC1CCN(C2CCCC2)CC1. The van der Waals surface area contributed by atoms with Crippen molar-refractivity contribution in [2.45, 2.75) is 70.1 Å².